The molecule has 5 fully saturated rings. The normalized spacial score (nSPS) is 35.1. The van der Waals surface area contributed by atoms with Crippen molar-refractivity contribution in [3.05, 3.63) is 11.9 Å². The van der Waals surface area contributed by atoms with Crippen molar-refractivity contribution in [2.24, 2.45) is 5.92 Å². The Labute approximate surface area is 246 Å². The average molecular weight is 588 g/mol. The molecule has 13 heteroatoms. The molecule has 1 aromatic rings. The van der Waals surface area contributed by atoms with Crippen molar-refractivity contribution < 1.29 is 29.3 Å². The summed E-state index contributed by atoms with van der Waals surface area (Å²) in [6.07, 6.45) is 6.35. The van der Waals surface area contributed by atoms with E-state index in [1.54, 1.807) is 9.58 Å². The summed E-state index contributed by atoms with van der Waals surface area (Å²) in [5.41, 5.74) is 0.172. The number of aliphatic hydroxyl groups is 2. The summed E-state index contributed by atoms with van der Waals surface area (Å²) in [5.74, 6) is -0.213. The zero-order valence-corrected chi connectivity index (χ0v) is 24.5. The molecule has 1 spiro atoms. The van der Waals surface area contributed by atoms with E-state index in [4.69, 9.17) is 4.74 Å². The van der Waals surface area contributed by atoms with Crippen LogP contribution in [0.3, 0.4) is 0 Å². The molecular weight excluding hydrogens is 542 g/mol. The minimum atomic E-state index is -1.25. The number of nitrogens with zero attached hydrogens (tertiary/aromatic N) is 5. The van der Waals surface area contributed by atoms with Crippen LogP contribution in [0.4, 0.5) is 0 Å². The van der Waals surface area contributed by atoms with E-state index in [9.17, 15) is 24.6 Å². The molecule has 4 saturated heterocycles. The van der Waals surface area contributed by atoms with E-state index in [1.165, 1.54) is 32.1 Å². The highest BCUT2D eigenvalue weighted by Crippen LogP contribution is 2.34. The molecule has 2 bridgehead atoms. The molecule has 5 aliphatic rings. The molecule has 232 valence electrons. The molecule has 2 unspecified atom stereocenters. The van der Waals surface area contributed by atoms with Gasteiger partial charge in [-0.1, -0.05) is 37.3 Å². The molecule has 0 aromatic carbocycles. The molecule has 3 amide bonds. The van der Waals surface area contributed by atoms with Crippen LogP contribution in [0, 0.1) is 5.92 Å². The third-order valence-corrected chi connectivity index (χ3v) is 10.2. The van der Waals surface area contributed by atoms with Gasteiger partial charge in [-0.3, -0.25) is 14.4 Å². The van der Waals surface area contributed by atoms with Crippen molar-refractivity contribution in [1.29, 1.82) is 0 Å². The van der Waals surface area contributed by atoms with Crippen molar-refractivity contribution in [2.45, 2.75) is 113 Å². The summed E-state index contributed by atoms with van der Waals surface area (Å²) in [6, 6.07) is -0.953. The van der Waals surface area contributed by atoms with Gasteiger partial charge in [-0.2, -0.15) is 0 Å². The van der Waals surface area contributed by atoms with Crippen LogP contribution in [0.1, 0.15) is 75.9 Å². The van der Waals surface area contributed by atoms with Gasteiger partial charge in [0.15, 0.2) is 0 Å². The molecule has 5 heterocycles. The maximum atomic E-state index is 14.0. The fraction of sp³-hybridized carbons (Fsp3) is 0.828. The Bertz CT molecular complexity index is 1150. The highest BCUT2D eigenvalue weighted by atomic mass is 16.5. The summed E-state index contributed by atoms with van der Waals surface area (Å²) >= 11 is 0. The fourth-order valence-corrected chi connectivity index (χ4v) is 7.60. The maximum absolute atomic E-state index is 14.0. The summed E-state index contributed by atoms with van der Waals surface area (Å²) in [6.45, 7) is 1.71. The predicted octanol–water partition coefficient (Wildman–Crippen LogP) is -0.477. The number of hydrogen-bond donors (Lipinski definition) is 4. The SMILES string of the molecule is CN1CCC2(CC1)CC(=O)N1C[C@@H](n3cc(CC4CCCCC4)nn3)C[C@H]1C(=O)NC[C@H]1O[C@@H](CC(=O)N2)C(O)C1O. The fourth-order valence-electron chi connectivity index (χ4n) is 7.60. The van der Waals surface area contributed by atoms with E-state index in [-0.39, 0.29) is 43.1 Å². The van der Waals surface area contributed by atoms with E-state index >= 15 is 0 Å². The van der Waals surface area contributed by atoms with E-state index in [1.807, 2.05) is 13.2 Å². The van der Waals surface area contributed by atoms with Gasteiger partial charge >= 0.3 is 0 Å². The summed E-state index contributed by atoms with van der Waals surface area (Å²) in [7, 11) is 2.01. The molecule has 1 aromatic heterocycles. The molecule has 6 rings (SSSR count). The first-order valence-corrected chi connectivity index (χ1v) is 15.7. The number of likely N-dealkylation sites (tertiary alicyclic amines) is 1. The Hall–Kier alpha value is -2.61. The van der Waals surface area contributed by atoms with Crippen LogP contribution in [0.25, 0.3) is 0 Å². The molecule has 4 aliphatic heterocycles. The van der Waals surface area contributed by atoms with Gasteiger partial charge in [0.05, 0.1) is 36.2 Å². The lowest BCUT2D eigenvalue weighted by molar-refractivity contribution is -0.141. The number of carbonyl (C=O) groups is 3. The second-order valence-electron chi connectivity index (χ2n) is 13.3. The van der Waals surface area contributed by atoms with Crippen molar-refractivity contribution in [1.82, 2.24) is 35.4 Å². The van der Waals surface area contributed by atoms with Gasteiger partial charge in [0, 0.05) is 38.8 Å². The molecule has 1 saturated carbocycles. The summed E-state index contributed by atoms with van der Waals surface area (Å²) < 4.78 is 7.65. The first-order chi connectivity index (χ1) is 20.2. The van der Waals surface area contributed by atoms with E-state index in [2.05, 4.69) is 25.8 Å². The number of nitrogens with one attached hydrogen (secondary N) is 2. The number of ether oxygens (including phenoxy) is 1. The highest BCUT2D eigenvalue weighted by molar-refractivity contribution is 5.89. The minimum absolute atomic E-state index is 0.0382. The standard InChI is InChI=1S/C29H45N7O6/c1-34-9-7-29(8-10-34)14-25(38)35-17-20(36-16-19(32-33-36)11-18-5-3-2-4-6-18)12-21(35)28(41)30-15-23-27(40)26(39)22(42-23)13-24(37)31-29/h16,18,20-23,26-27,39-40H,2-15,17H2,1H3,(H,30,41)(H,31,37)/t20-,21-,22-,23+,26?,27?/m0/s1. The number of aliphatic hydroxyl groups excluding tert-OH is 2. The van der Waals surface area contributed by atoms with Crippen LogP contribution in [0.2, 0.25) is 0 Å². The quantitative estimate of drug-likeness (QED) is 0.366. The lowest BCUT2D eigenvalue weighted by atomic mass is 9.83. The Morgan fingerprint density at radius 3 is 2.57 bits per heavy atom. The van der Waals surface area contributed by atoms with Crippen LogP contribution in [-0.2, 0) is 25.5 Å². The Morgan fingerprint density at radius 2 is 1.81 bits per heavy atom. The number of amides is 3. The molecule has 1 aliphatic carbocycles. The Kier molecular flexibility index (Phi) is 8.54. The largest absolute Gasteiger partial charge is 0.388 e. The number of aromatic nitrogens is 3. The first-order valence-electron chi connectivity index (χ1n) is 15.7. The first kappa shape index (κ1) is 29.5. The van der Waals surface area contributed by atoms with Gasteiger partial charge in [0.1, 0.15) is 24.4 Å². The van der Waals surface area contributed by atoms with Crippen LogP contribution < -0.4 is 10.6 Å². The van der Waals surface area contributed by atoms with Gasteiger partial charge < -0.3 is 35.4 Å². The second-order valence-corrected chi connectivity index (χ2v) is 13.3. The number of hydrogen-bond acceptors (Lipinski definition) is 9. The van der Waals surface area contributed by atoms with Crippen LogP contribution in [0.15, 0.2) is 6.20 Å². The van der Waals surface area contributed by atoms with E-state index in [0.717, 1.165) is 12.1 Å². The van der Waals surface area contributed by atoms with Gasteiger partial charge in [0.2, 0.25) is 17.7 Å². The van der Waals surface area contributed by atoms with Crippen molar-refractivity contribution in [3.63, 3.8) is 0 Å². The third kappa shape index (κ3) is 6.20. The monoisotopic (exact) mass is 587 g/mol. The van der Waals surface area contributed by atoms with Crippen molar-refractivity contribution in [3.8, 4) is 0 Å². The Balaban J connectivity index is 1.24. The lowest BCUT2D eigenvalue weighted by Crippen LogP contribution is -2.58. The zero-order valence-electron chi connectivity index (χ0n) is 24.5. The van der Waals surface area contributed by atoms with Crippen LogP contribution >= 0.6 is 0 Å². The van der Waals surface area contributed by atoms with Gasteiger partial charge in [0.25, 0.3) is 0 Å². The number of fused-ring (bicyclic) bond motifs is 3. The number of rotatable bonds is 3. The highest BCUT2D eigenvalue weighted by Gasteiger charge is 2.48. The predicted molar refractivity (Wildman–Crippen MR) is 150 cm³/mol. The smallest absolute Gasteiger partial charge is 0.242 e. The van der Waals surface area contributed by atoms with E-state index in [0.29, 0.717) is 44.8 Å². The summed E-state index contributed by atoms with van der Waals surface area (Å²) in [4.78, 5) is 44.5. The van der Waals surface area contributed by atoms with Crippen molar-refractivity contribution >= 4 is 17.7 Å². The van der Waals surface area contributed by atoms with Gasteiger partial charge in [-0.15, -0.1) is 5.10 Å². The average Bonchev–Trinajstić information content (AvgIpc) is 3.69. The topological polar surface area (TPSA) is 162 Å². The second kappa shape index (κ2) is 12.2. The molecule has 4 N–H and O–H groups in total. The maximum Gasteiger partial charge on any atom is 0.242 e. The minimum Gasteiger partial charge on any atom is -0.388 e. The van der Waals surface area contributed by atoms with E-state index < -0.39 is 36.0 Å². The summed E-state index contributed by atoms with van der Waals surface area (Å²) in [5, 5.41) is 36.0. The molecule has 6 atom stereocenters. The molecular formula is C29H45N7O6. The van der Waals surface area contributed by atoms with Gasteiger partial charge in [-0.25, -0.2) is 4.68 Å². The zero-order chi connectivity index (χ0) is 29.4. The molecule has 13 nitrogen and oxygen atoms in total. The third-order valence-electron chi connectivity index (χ3n) is 10.2. The number of carbonyl (C=O) groups excluding carboxylic acids is 3. The Morgan fingerprint density at radius 1 is 1.07 bits per heavy atom. The lowest BCUT2D eigenvalue weighted by Gasteiger charge is -2.42. The van der Waals surface area contributed by atoms with Crippen molar-refractivity contribution in [2.75, 3.05) is 33.2 Å². The number of piperidine rings is 1. The molecule has 0 radical (unpaired) electrons. The van der Waals surface area contributed by atoms with Crippen LogP contribution in [0.5, 0.6) is 0 Å². The molecule has 42 heavy (non-hydrogen) atoms. The van der Waals surface area contributed by atoms with Crippen LogP contribution in [-0.4, -0.2) is 122 Å². The van der Waals surface area contributed by atoms with Gasteiger partial charge in [-0.05, 0) is 32.2 Å².